The molecule has 1 saturated heterocycles. The first kappa shape index (κ1) is 20.9. The van der Waals surface area contributed by atoms with Crippen molar-refractivity contribution in [3.63, 3.8) is 0 Å². The van der Waals surface area contributed by atoms with E-state index in [9.17, 15) is 29.4 Å². The second kappa shape index (κ2) is 8.26. The van der Waals surface area contributed by atoms with Crippen molar-refractivity contribution < 1.29 is 72.7 Å². The fourth-order valence-electron chi connectivity index (χ4n) is 2.14. The first-order chi connectivity index (χ1) is 10.2. The van der Waals surface area contributed by atoms with Crippen LogP contribution in [0.1, 0.15) is 23.5 Å². The van der Waals surface area contributed by atoms with Gasteiger partial charge in [-0.05, 0) is 13.0 Å². The Morgan fingerprint density at radius 3 is 2.65 bits per heavy atom. The third-order valence-electron chi connectivity index (χ3n) is 3.26. The standard InChI is InChI=1S/C12H16NO8P.Na/c1-7(14)8-3-2-4-13(5-8)12-11(16)10(15)9(21-12)6-20-22(17,18)19;/h2-5,9-12,15-16H,6H2,1H3,(H-,17,18,19);/q;+1/p-1/t9-,10-,11-,12-;/m1./s1. The molecule has 11 heteroatoms. The molecule has 0 radical (unpaired) electrons. The van der Waals surface area contributed by atoms with Crippen LogP contribution in [0.5, 0.6) is 0 Å². The number of aromatic nitrogens is 1. The van der Waals surface area contributed by atoms with Crippen LogP contribution in [0.25, 0.3) is 0 Å². The summed E-state index contributed by atoms with van der Waals surface area (Å²) in [5.74, 6) is -0.194. The van der Waals surface area contributed by atoms with E-state index in [0.717, 1.165) is 0 Å². The monoisotopic (exact) mass is 355 g/mol. The van der Waals surface area contributed by atoms with E-state index in [1.807, 2.05) is 0 Å². The number of carbonyl (C=O) groups is 1. The topological polar surface area (TPSA) is 143 Å². The summed E-state index contributed by atoms with van der Waals surface area (Å²) in [6.45, 7) is 0.670. The van der Waals surface area contributed by atoms with Crippen molar-refractivity contribution in [3.05, 3.63) is 30.1 Å². The number of Topliss-reactive ketones (excluding diaryl/α,β-unsaturated/α-hetero) is 1. The summed E-state index contributed by atoms with van der Waals surface area (Å²) in [7, 11) is -5.20. The molecule has 1 aromatic rings. The van der Waals surface area contributed by atoms with E-state index < -0.39 is 39.0 Å². The van der Waals surface area contributed by atoms with Crippen LogP contribution in [0.15, 0.2) is 24.5 Å². The van der Waals surface area contributed by atoms with E-state index >= 15 is 0 Å². The fraction of sp³-hybridized carbons (Fsp3) is 0.500. The molecule has 0 aliphatic carbocycles. The number of ketones is 1. The van der Waals surface area contributed by atoms with E-state index in [2.05, 4.69) is 4.52 Å². The maximum Gasteiger partial charge on any atom is 1.00 e. The van der Waals surface area contributed by atoms with Crippen LogP contribution < -0.4 is 43.9 Å². The van der Waals surface area contributed by atoms with Crippen molar-refractivity contribution in [2.24, 2.45) is 0 Å². The predicted octanol–water partition coefficient (Wildman–Crippen LogP) is -5.35. The Labute approximate surface area is 154 Å². The average Bonchev–Trinajstić information content (AvgIpc) is 2.72. The van der Waals surface area contributed by atoms with Crippen LogP contribution in [0.4, 0.5) is 0 Å². The van der Waals surface area contributed by atoms with Gasteiger partial charge in [0, 0.05) is 6.07 Å². The number of aliphatic hydroxyl groups excluding tert-OH is 2. The van der Waals surface area contributed by atoms with Gasteiger partial charge in [-0.25, -0.2) is 0 Å². The Morgan fingerprint density at radius 2 is 2.09 bits per heavy atom. The van der Waals surface area contributed by atoms with Crippen molar-refractivity contribution in [1.29, 1.82) is 0 Å². The summed E-state index contributed by atoms with van der Waals surface area (Å²) in [5, 5.41) is 19.8. The fourth-order valence-corrected chi connectivity index (χ4v) is 2.47. The zero-order valence-electron chi connectivity index (χ0n) is 12.6. The third-order valence-corrected chi connectivity index (χ3v) is 3.72. The van der Waals surface area contributed by atoms with Gasteiger partial charge >= 0.3 is 29.6 Å². The van der Waals surface area contributed by atoms with Crippen molar-refractivity contribution in [3.8, 4) is 0 Å². The van der Waals surface area contributed by atoms with Crippen LogP contribution in [-0.4, -0.2) is 40.9 Å². The Kier molecular flexibility index (Phi) is 7.49. The summed E-state index contributed by atoms with van der Waals surface area (Å²) in [5.41, 5.74) is 0.371. The van der Waals surface area contributed by atoms with E-state index in [1.165, 1.54) is 23.9 Å². The number of carbonyl (C=O) groups excluding carboxylic acids is 1. The van der Waals surface area contributed by atoms with Crippen molar-refractivity contribution in [1.82, 2.24) is 0 Å². The summed E-state index contributed by atoms with van der Waals surface area (Å²) in [6.07, 6.45) is -2.10. The Balaban J connectivity index is 0.00000264. The summed E-state index contributed by atoms with van der Waals surface area (Å²) < 4.78 is 21.2. The molecule has 2 rings (SSSR count). The molecule has 1 aliphatic rings. The van der Waals surface area contributed by atoms with Crippen LogP contribution in [0.2, 0.25) is 0 Å². The van der Waals surface area contributed by atoms with E-state index in [-0.39, 0.29) is 35.3 Å². The molecule has 23 heavy (non-hydrogen) atoms. The van der Waals surface area contributed by atoms with Crippen LogP contribution in [-0.2, 0) is 13.8 Å². The summed E-state index contributed by atoms with van der Waals surface area (Å²) >= 11 is 0. The summed E-state index contributed by atoms with van der Waals surface area (Å²) in [6, 6.07) is 3.13. The molecule has 122 valence electrons. The molecule has 1 aliphatic heterocycles. The van der Waals surface area contributed by atoms with Gasteiger partial charge in [-0.1, -0.05) is 0 Å². The van der Waals surface area contributed by atoms with E-state index in [4.69, 9.17) is 4.74 Å². The number of nitrogens with zero attached hydrogens (tertiary/aromatic N) is 1. The molecule has 0 spiro atoms. The summed E-state index contributed by atoms with van der Waals surface area (Å²) in [4.78, 5) is 32.3. The van der Waals surface area contributed by atoms with Gasteiger partial charge in [0.25, 0.3) is 6.23 Å². The van der Waals surface area contributed by atoms with Crippen molar-refractivity contribution in [2.45, 2.75) is 31.5 Å². The molecule has 0 aromatic carbocycles. The Bertz CT molecular complexity index is 608. The minimum atomic E-state index is -5.20. The van der Waals surface area contributed by atoms with Crippen LogP contribution in [0.3, 0.4) is 0 Å². The molecule has 0 unspecified atom stereocenters. The third kappa shape index (κ3) is 5.40. The number of phosphoric acid groups is 1. The molecule has 2 heterocycles. The molecule has 1 fully saturated rings. The van der Waals surface area contributed by atoms with Gasteiger partial charge in [0.15, 0.2) is 24.3 Å². The molecular weight excluding hydrogens is 340 g/mol. The second-order valence-corrected chi connectivity index (χ2v) is 6.04. The van der Waals surface area contributed by atoms with Gasteiger partial charge in [0.1, 0.15) is 12.2 Å². The zero-order chi connectivity index (χ0) is 16.5. The average molecular weight is 355 g/mol. The number of ether oxygens (including phenoxy) is 1. The molecule has 1 aromatic heterocycles. The molecule has 9 nitrogen and oxygen atoms in total. The number of hydrogen-bond donors (Lipinski definition) is 2. The number of rotatable bonds is 5. The first-order valence-electron chi connectivity index (χ1n) is 6.39. The number of pyridine rings is 1. The quantitative estimate of drug-likeness (QED) is 0.231. The van der Waals surface area contributed by atoms with Crippen LogP contribution in [0, 0.1) is 0 Å². The van der Waals surface area contributed by atoms with Crippen LogP contribution >= 0.6 is 7.82 Å². The van der Waals surface area contributed by atoms with Gasteiger partial charge in [0.05, 0.1) is 20.0 Å². The molecule has 2 N–H and O–H groups in total. The molecule has 0 bridgehead atoms. The van der Waals surface area contributed by atoms with Gasteiger partial charge in [-0.2, -0.15) is 4.57 Å². The number of phosphoric ester groups is 1. The first-order valence-corrected chi connectivity index (χ1v) is 7.85. The second-order valence-electron chi connectivity index (χ2n) is 4.89. The van der Waals surface area contributed by atoms with E-state index in [0.29, 0.717) is 5.56 Å². The van der Waals surface area contributed by atoms with Crippen molar-refractivity contribution in [2.75, 3.05) is 6.61 Å². The Hall–Kier alpha value is -0.190. The predicted molar refractivity (Wildman–Crippen MR) is 66.1 cm³/mol. The minimum Gasteiger partial charge on any atom is -0.790 e. The van der Waals surface area contributed by atoms with Gasteiger partial charge in [-0.15, -0.1) is 0 Å². The Morgan fingerprint density at radius 1 is 1.43 bits per heavy atom. The maximum absolute atomic E-state index is 11.3. The molecule has 0 amide bonds. The number of aliphatic hydroxyl groups is 2. The number of hydrogen-bond acceptors (Lipinski definition) is 8. The largest absolute Gasteiger partial charge is 1.00 e. The van der Waals surface area contributed by atoms with Gasteiger partial charge < -0.3 is 33.8 Å². The zero-order valence-corrected chi connectivity index (χ0v) is 15.5. The molecule has 4 atom stereocenters. The van der Waals surface area contributed by atoms with Gasteiger partial charge in [-0.3, -0.25) is 4.79 Å². The SMILES string of the molecule is CC(=O)c1ccc[n+]([C@@H]2O[C@H](COP(=O)([O-])[O-])[C@@H](O)[C@H]2O)c1.[Na+]. The molecular formula is C12H15NNaO8P. The smallest absolute Gasteiger partial charge is 0.790 e. The van der Waals surface area contributed by atoms with E-state index in [1.54, 1.807) is 12.1 Å². The normalized spacial score (nSPS) is 27.5. The molecule has 0 saturated carbocycles. The van der Waals surface area contributed by atoms with Gasteiger partial charge in [0.2, 0.25) is 0 Å². The maximum atomic E-state index is 11.3. The minimum absolute atomic E-state index is 0. The van der Waals surface area contributed by atoms with Crippen molar-refractivity contribution >= 4 is 13.6 Å².